The fourth-order valence-electron chi connectivity index (χ4n) is 2.49. The number of anilines is 1. The van der Waals surface area contributed by atoms with Crippen molar-refractivity contribution >= 4 is 17.5 Å². The van der Waals surface area contributed by atoms with E-state index < -0.39 is 0 Å². The minimum Gasteiger partial charge on any atom is -0.399 e. The molecular formula is C16H23N3O2. The van der Waals surface area contributed by atoms with E-state index in [0.29, 0.717) is 23.1 Å². The van der Waals surface area contributed by atoms with Crippen molar-refractivity contribution < 1.29 is 9.59 Å². The molecule has 1 saturated heterocycles. The number of nitrogens with zero attached hydrogens (tertiary/aromatic N) is 1. The van der Waals surface area contributed by atoms with Crippen LogP contribution in [0.25, 0.3) is 0 Å². The molecule has 5 heteroatoms. The summed E-state index contributed by atoms with van der Waals surface area (Å²) in [7, 11) is 0. The molecule has 1 heterocycles. The van der Waals surface area contributed by atoms with Gasteiger partial charge in [0.25, 0.3) is 5.91 Å². The van der Waals surface area contributed by atoms with Crippen molar-refractivity contribution in [2.24, 2.45) is 11.8 Å². The summed E-state index contributed by atoms with van der Waals surface area (Å²) in [6.07, 6.45) is 1.03. The summed E-state index contributed by atoms with van der Waals surface area (Å²) in [4.78, 5) is 25.9. The number of carbonyl (C=O) groups is 2. The Morgan fingerprint density at radius 1 is 1.24 bits per heavy atom. The molecule has 114 valence electrons. The van der Waals surface area contributed by atoms with Crippen molar-refractivity contribution in [3.63, 3.8) is 0 Å². The van der Waals surface area contributed by atoms with Crippen molar-refractivity contribution in [3.05, 3.63) is 29.8 Å². The molecule has 0 aromatic heterocycles. The molecule has 1 aromatic rings. The molecule has 2 atom stereocenters. The van der Waals surface area contributed by atoms with Crippen molar-refractivity contribution in [2.45, 2.75) is 20.3 Å². The van der Waals surface area contributed by atoms with Gasteiger partial charge in [-0.25, -0.2) is 0 Å². The van der Waals surface area contributed by atoms with Crippen molar-refractivity contribution in [3.8, 4) is 0 Å². The van der Waals surface area contributed by atoms with Crippen LogP contribution in [0.1, 0.15) is 30.6 Å². The van der Waals surface area contributed by atoms with E-state index in [1.807, 2.05) is 4.90 Å². The highest BCUT2D eigenvalue weighted by Gasteiger charge is 2.25. The van der Waals surface area contributed by atoms with Crippen LogP contribution in [0.15, 0.2) is 24.3 Å². The summed E-state index contributed by atoms with van der Waals surface area (Å²) < 4.78 is 0. The van der Waals surface area contributed by atoms with Crippen LogP contribution in [0.5, 0.6) is 0 Å². The molecule has 1 fully saturated rings. The predicted octanol–water partition coefficient (Wildman–Crippen LogP) is 1.50. The summed E-state index contributed by atoms with van der Waals surface area (Å²) in [6, 6.07) is 6.65. The lowest BCUT2D eigenvalue weighted by molar-refractivity contribution is -0.132. The van der Waals surface area contributed by atoms with Gasteiger partial charge in [-0.05, 0) is 42.5 Å². The van der Waals surface area contributed by atoms with Gasteiger partial charge < -0.3 is 16.0 Å². The molecule has 0 spiro atoms. The van der Waals surface area contributed by atoms with E-state index >= 15 is 0 Å². The van der Waals surface area contributed by atoms with Gasteiger partial charge in [-0.3, -0.25) is 9.59 Å². The Morgan fingerprint density at radius 2 is 1.90 bits per heavy atom. The van der Waals surface area contributed by atoms with Gasteiger partial charge in [-0.2, -0.15) is 0 Å². The predicted molar refractivity (Wildman–Crippen MR) is 82.7 cm³/mol. The van der Waals surface area contributed by atoms with Crippen LogP contribution in [0.2, 0.25) is 0 Å². The molecule has 2 amide bonds. The minimum atomic E-state index is -0.248. The molecule has 1 aliphatic rings. The molecule has 2 rings (SSSR count). The van der Waals surface area contributed by atoms with E-state index in [1.54, 1.807) is 24.3 Å². The standard InChI is InChI=1S/C16H23N3O2/c1-11-7-8-19(10-12(11)2)15(20)9-18-16(21)13-3-5-14(17)6-4-13/h3-6,11-12H,7-10,17H2,1-2H3,(H,18,21). The van der Waals surface area contributed by atoms with Crippen LogP contribution in [0.4, 0.5) is 5.69 Å². The van der Waals surface area contributed by atoms with Crippen LogP contribution in [-0.4, -0.2) is 36.3 Å². The third-order valence-corrected chi connectivity index (χ3v) is 4.26. The fourth-order valence-corrected chi connectivity index (χ4v) is 2.49. The maximum atomic E-state index is 12.1. The van der Waals surface area contributed by atoms with Crippen LogP contribution >= 0.6 is 0 Å². The third-order valence-electron chi connectivity index (χ3n) is 4.26. The highest BCUT2D eigenvalue weighted by molar-refractivity contribution is 5.96. The first-order chi connectivity index (χ1) is 9.97. The minimum absolute atomic E-state index is 0.0162. The highest BCUT2D eigenvalue weighted by atomic mass is 16.2. The van der Waals surface area contributed by atoms with Crippen LogP contribution < -0.4 is 11.1 Å². The largest absolute Gasteiger partial charge is 0.399 e. The average Bonchev–Trinajstić information content (AvgIpc) is 2.48. The molecule has 5 nitrogen and oxygen atoms in total. The monoisotopic (exact) mass is 289 g/mol. The first-order valence-electron chi connectivity index (χ1n) is 7.39. The maximum Gasteiger partial charge on any atom is 0.251 e. The summed E-state index contributed by atoms with van der Waals surface area (Å²) in [5.41, 5.74) is 6.70. The van der Waals surface area contributed by atoms with Gasteiger partial charge in [0.1, 0.15) is 0 Å². The van der Waals surface area contributed by atoms with Gasteiger partial charge in [0.05, 0.1) is 6.54 Å². The topological polar surface area (TPSA) is 75.4 Å². The van der Waals surface area contributed by atoms with Gasteiger partial charge in [0.15, 0.2) is 0 Å². The van der Waals surface area contributed by atoms with Crippen LogP contribution in [0.3, 0.4) is 0 Å². The number of nitrogen functional groups attached to an aromatic ring is 1. The lowest BCUT2D eigenvalue weighted by atomic mass is 9.89. The van der Waals surface area contributed by atoms with Crippen LogP contribution in [0, 0.1) is 11.8 Å². The van der Waals surface area contributed by atoms with Gasteiger partial charge in [-0.15, -0.1) is 0 Å². The zero-order valence-electron chi connectivity index (χ0n) is 12.6. The zero-order valence-corrected chi connectivity index (χ0v) is 12.6. The number of likely N-dealkylation sites (tertiary alicyclic amines) is 1. The fraction of sp³-hybridized carbons (Fsp3) is 0.500. The Morgan fingerprint density at radius 3 is 2.52 bits per heavy atom. The smallest absolute Gasteiger partial charge is 0.251 e. The second-order valence-electron chi connectivity index (χ2n) is 5.89. The third kappa shape index (κ3) is 3.97. The van der Waals surface area contributed by atoms with Gasteiger partial charge >= 0.3 is 0 Å². The number of carbonyl (C=O) groups excluding carboxylic acids is 2. The number of hydrogen-bond acceptors (Lipinski definition) is 3. The molecule has 2 unspecified atom stereocenters. The Balaban J connectivity index is 1.83. The summed E-state index contributed by atoms with van der Waals surface area (Å²) in [6.45, 7) is 5.98. The second kappa shape index (κ2) is 6.61. The molecule has 3 N–H and O–H groups in total. The van der Waals surface area contributed by atoms with Gasteiger partial charge in [-0.1, -0.05) is 13.8 Å². The lowest BCUT2D eigenvalue weighted by Gasteiger charge is -2.35. The SMILES string of the molecule is CC1CCN(C(=O)CNC(=O)c2ccc(N)cc2)CC1C. The normalized spacial score (nSPS) is 21.9. The molecule has 0 aliphatic carbocycles. The number of amides is 2. The van der Waals surface area contributed by atoms with E-state index in [1.165, 1.54) is 0 Å². The van der Waals surface area contributed by atoms with E-state index in [9.17, 15) is 9.59 Å². The number of nitrogens with one attached hydrogen (secondary N) is 1. The zero-order chi connectivity index (χ0) is 15.4. The number of hydrogen-bond donors (Lipinski definition) is 2. The summed E-state index contributed by atoms with van der Waals surface area (Å²) in [5.74, 6) is 0.897. The maximum absolute atomic E-state index is 12.1. The van der Waals surface area contributed by atoms with Crippen molar-refractivity contribution in [1.82, 2.24) is 10.2 Å². The quantitative estimate of drug-likeness (QED) is 0.828. The lowest BCUT2D eigenvalue weighted by Crippen LogP contribution is -2.46. The summed E-state index contributed by atoms with van der Waals surface area (Å²) >= 11 is 0. The van der Waals surface area contributed by atoms with E-state index in [4.69, 9.17) is 5.73 Å². The van der Waals surface area contributed by atoms with E-state index in [2.05, 4.69) is 19.2 Å². The van der Waals surface area contributed by atoms with Crippen molar-refractivity contribution in [2.75, 3.05) is 25.4 Å². The molecule has 1 aliphatic heterocycles. The molecule has 0 bridgehead atoms. The first-order valence-corrected chi connectivity index (χ1v) is 7.39. The number of nitrogens with two attached hydrogens (primary N) is 1. The first kappa shape index (κ1) is 15.4. The average molecular weight is 289 g/mol. The van der Waals surface area contributed by atoms with Crippen LogP contribution in [-0.2, 0) is 4.79 Å². The Kier molecular flexibility index (Phi) is 4.83. The molecule has 0 saturated carbocycles. The van der Waals surface area contributed by atoms with Gasteiger partial charge in [0.2, 0.25) is 5.91 Å². The highest BCUT2D eigenvalue weighted by Crippen LogP contribution is 2.22. The molecular weight excluding hydrogens is 266 g/mol. The Hall–Kier alpha value is -2.04. The number of rotatable bonds is 3. The molecule has 21 heavy (non-hydrogen) atoms. The second-order valence-corrected chi connectivity index (χ2v) is 5.89. The van der Waals surface area contributed by atoms with E-state index in [0.717, 1.165) is 19.5 Å². The number of piperidine rings is 1. The summed E-state index contributed by atoms with van der Waals surface area (Å²) in [5, 5.41) is 2.67. The Labute approximate surface area is 125 Å². The van der Waals surface area contributed by atoms with Gasteiger partial charge in [0, 0.05) is 24.3 Å². The number of benzene rings is 1. The molecule has 0 radical (unpaired) electrons. The van der Waals surface area contributed by atoms with Crippen molar-refractivity contribution in [1.29, 1.82) is 0 Å². The Bertz CT molecular complexity index is 513. The molecule has 1 aromatic carbocycles. The van der Waals surface area contributed by atoms with E-state index in [-0.39, 0.29) is 18.4 Å².